The number of hydrogen-bond donors (Lipinski definition) is 0. The molecule has 0 aromatic heterocycles. The second-order valence-electron chi connectivity index (χ2n) is 6.31. The maximum Gasteiger partial charge on any atom is 0.324 e. The Morgan fingerprint density at radius 1 is 1.00 bits per heavy atom. The van der Waals surface area contributed by atoms with Crippen LogP contribution in [0.4, 0.5) is 14.9 Å². The zero-order valence-electron chi connectivity index (χ0n) is 14.2. The molecule has 130 valence electrons. The molecule has 0 spiro atoms. The average Bonchev–Trinajstić information content (AvgIpc) is 2.67. The Kier molecular flexibility index (Phi) is 5.12. The number of anilines is 1. The van der Waals surface area contributed by atoms with E-state index in [9.17, 15) is 14.0 Å². The van der Waals surface area contributed by atoms with Gasteiger partial charge in [-0.3, -0.25) is 9.69 Å². The first-order valence-electron chi connectivity index (χ1n) is 8.43. The predicted octanol–water partition coefficient (Wildman–Crippen LogP) is 3.98. The van der Waals surface area contributed by atoms with Crippen molar-refractivity contribution in [2.24, 2.45) is 5.92 Å². The number of hydrogen-bond acceptors (Lipinski definition) is 2. The van der Waals surface area contributed by atoms with Crippen LogP contribution in [0.3, 0.4) is 0 Å². The first kappa shape index (κ1) is 17.1. The number of urea groups is 1. The van der Waals surface area contributed by atoms with Crippen LogP contribution in [0, 0.1) is 11.7 Å². The van der Waals surface area contributed by atoms with Gasteiger partial charge in [0, 0.05) is 37.3 Å². The molecule has 1 aliphatic rings. The molecule has 0 unspecified atom stereocenters. The van der Waals surface area contributed by atoms with Crippen LogP contribution in [0.5, 0.6) is 0 Å². The standard InChI is InChI=1S/C20H21FN2O2/c1-22(18-5-3-2-4-6-18)20(25)23-13-11-16(12-14-23)19(24)15-7-9-17(21)10-8-15/h2-10,16H,11-14H2,1H3. The third-order valence-corrected chi connectivity index (χ3v) is 4.70. The summed E-state index contributed by atoms with van der Waals surface area (Å²) in [5.41, 5.74) is 1.38. The molecule has 1 aliphatic heterocycles. The van der Waals surface area contributed by atoms with Crippen molar-refractivity contribution in [3.63, 3.8) is 0 Å². The van der Waals surface area contributed by atoms with Crippen LogP contribution in [-0.4, -0.2) is 36.9 Å². The highest BCUT2D eigenvalue weighted by molar-refractivity contribution is 5.98. The number of piperidine rings is 1. The molecule has 0 atom stereocenters. The predicted molar refractivity (Wildman–Crippen MR) is 95.3 cm³/mol. The van der Waals surface area contributed by atoms with E-state index in [0.29, 0.717) is 31.5 Å². The highest BCUT2D eigenvalue weighted by Crippen LogP contribution is 2.23. The van der Waals surface area contributed by atoms with Crippen molar-refractivity contribution < 1.29 is 14.0 Å². The Bertz CT molecular complexity index is 738. The zero-order chi connectivity index (χ0) is 17.8. The fourth-order valence-electron chi connectivity index (χ4n) is 3.16. The van der Waals surface area contributed by atoms with E-state index in [1.54, 1.807) is 16.8 Å². The number of para-hydroxylation sites is 1. The fourth-order valence-corrected chi connectivity index (χ4v) is 3.16. The van der Waals surface area contributed by atoms with Crippen LogP contribution in [0.15, 0.2) is 54.6 Å². The van der Waals surface area contributed by atoms with E-state index in [1.807, 2.05) is 30.3 Å². The Morgan fingerprint density at radius 3 is 2.20 bits per heavy atom. The van der Waals surface area contributed by atoms with Gasteiger partial charge in [-0.1, -0.05) is 18.2 Å². The van der Waals surface area contributed by atoms with Gasteiger partial charge in [-0.05, 0) is 49.2 Å². The first-order valence-corrected chi connectivity index (χ1v) is 8.43. The molecule has 1 saturated heterocycles. The number of amides is 2. The third-order valence-electron chi connectivity index (χ3n) is 4.70. The number of Topliss-reactive ketones (excluding diaryl/α,β-unsaturated/α-hetero) is 1. The number of nitrogens with zero attached hydrogens (tertiary/aromatic N) is 2. The molecular formula is C20H21FN2O2. The normalized spacial score (nSPS) is 15.0. The van der Waals surface area contributed by atoms with Gasteiger partial charge >= 0.3 is 6.03 Å². The second-order valence-corrected chi connectivity index (χ2v) is 6.31. The molecule has 2 aromatic rings. The number of carbonyl (C=O) groups excluding carboxylic acids is 2. The molecule has 4 nitrogen and oxygen atoms in total. The van der Waals surface area contributed by atoms with E-state index in [1.165, 1.54) is 24.3 Å². The lowest BCUT2D eigenvalue weighted by atomic mass is 9.89. The number of halogens is 1. The summed E-state index contributed by atoms with van der Waals surface area (Å²) in [6.45, 7) is 1.10. The quantitative estimate of drug-likeness (QED) is 0.793. The van der Waals surface area contributed by atoms with E-state index >= 15 is 0 Å². The van der Waals surface area contributed by atoms with Crippen LogP contribution in [-0.2, 0) is 0 Å². The average molecular weight is 340 g/mol. The SMILES string of the molecule is CN(C(=O)N1CCC(C(=O)c2ccc(F)cc2)CC1)c1ccccc1. The van der Waals surface area contributed by atoms with Crippen molar-refractivity contribution in [1.29, 1.82) is 0 Å². The summed E-state index contributed by atoms with van der Waals surface area (Å²) in [7, 11) is 1.76. The van der Waals surface area contributed by atoms with Crippen molar-refractivity contribution in [2.45, 2.75) is 12.8 Å². The largest absolute Gasteiger partial charge is 0.324 e. The number of rotatable bonds is 3. The van der Waals surface area contributed by atoms with Gasteiger partial charge in [-0.25, -0.2) is 9.18 Å². The minimum Gasteiger partial charge on any atom is -0.324 e. The molecule has 0 saturated carbocycles. The number of carbonyl (C=O) groups is 2. The highest BCUT2D eigenvalue weighted by Gasteiger charge is 2.29. The van der Waals surface area contributed by atoms with Crippen molar-refractivity contribution in [3.8, 4) is 0 Å². The molecule has 3 rings (SSSR count). The van der Waals surface area contributed by atoms with Crippen molar-refractivity contribution in [1.82, 2.24) is 4.90 Å². The lowest BCUT2D eigenvalue weighted by molar-refractivity contribution is 0.0857. The Labute approximate surface area is 146 Å². The van der Waals surface area contributed by atoms with Gasteiger partial charge in [0.05, 0.1) is 0 Å². The lowest BCUT2D eigenvalue weighted by Crippen LogP contribution is -2.46. The Balaban J connectivity index is 1.59. The molecule has 0 radical (unpaired) electrons. The Hall–Kier alpha value is -2.69. The molecule has 2 aromatic carbocycles. The number of ketones is 1. The van der Waals surface area contributed by atoms with Crippen molar-refractivity contribution in [2.75, 3.05) is 25.0 Å². The monoisotopic (exact) mass is 340 g/mol. The molecule has 5 heteroatoms. The molecule has 1 heterocycles. The summed E-state index contributed by atoms with van der Waals surface area (Å²) in [6.07, 6.45) is 1.26. The molecule has 0 bridgehead atoms. The molecular weight excluding hydrogens is 319 g/mol. The lowest BCUT2D eigenvalue weighted by Gasteiger charge is -2.34. The summed E-state index contributed by atoms with van der Waals surface area (Å²) in [6, 6.07) is 15.1. The first-order chi connectivity index (χ1) is 12.1. The third kappa shape index (κ3) is 3.87. The minimum atomic E-state index is -0.346. The molecule has 0 N–H and O–H groups in total. The summed E-state index contributed by atoms with van der Waals surface area (Å²) in [5, 5.41) is 0. The van der Waals surface area contributed by atoms with Crippen LogP contribution < -0.4 is 4.90 Å². The van der Waals surface area contributed by atoms with Crippen LogP contribution in [0.1, 0.15) is 23.2 Å². The zero-order valence-corrected chi connectivity index (χ0v) is 14.2. The fraction of sp³-hybridized carbons (Fsp3) is 0.300. The number of benzene rings is 2. The molecule has 1 fully saturated rings. The van der Waals surface area contributed by atoms with E-state index in [-0.39, 0.29) is 23.5 Å². The summed E-state index contributed by atoms with van der Waals surface area (Å²) < 4.78 is 13.0. The topological polar surface area (TPSA) is 40.6 Å². The van der Waals surface area contributed by atoms with Crippen LogP contribution >= 0.6 is 0 Å². The van der Waals surface area contributed by atoms with Gasteiger partial charge in [0.15, 0.2) is 5.78 Å². The van der Waals surface area contributed by atoms with E-state index < -0.39 is 0 Å². The Morgan fingerprint density at radius 2 is 1.60 bits per heavy atom. The van der Waals surface area contributed by atoms with Gasteiger partial charge in [0.25, 0.3) is 0 Å². The molecule has 2 amide bonds. The van der Waals surface area contributed by atoms with Crippen LogP contribution in [0.2, 0.25) is 0 Å². The highest BCUT2D eigenvalue weighted by atomic mass is 19.1. The maximum absolute atomic E-state index is 13.0. The van der Waals surface area contributed by atoms with Crippen molar-refractivity contribution >= 4 is 17.5 Å². The van der Waals surface area contributed by atoms with Gasteiger partial charge < -0.3 is 4.90 Å². The number of likely N-dealkylation sites (tertiary alicyclic amines) is 1. The summed E-state index contributed by atoms with van der Waals surface area (Å²) in [4.78, 5) is 28.5. The van der Waals surface area contributed by atoms with Gasteiger partial charge in [0.1, 0.15) is 5.82 Å². The van der Waals surface area contributed by atoms with Crippen molar-refractivity contribution in [3.05, 3.63) is 66.0 Å². The second kappa shape index (κ2) is 7.47. The van der Waals surface area contributed by atoms with E-state index in [4.69, 9.17) is 0 Å². The van der Waals surface area contributed by atoms with E-state index in [2.05, 4.69) is 0 Å². The smallest absolute Gasteiger partial charge is 0.324 e. The summed E-state index contributed by atoms with van der Waals surface area (Å²) in [5.74, 6) is -0.430. The minimum absolute atomic E-state index is 0.0310. The van der Waals surface area contributed by atoms with Crippen LogP contribution in [0.25, 0.3) is 0 Å². The molecule has 25 heavy (non-hydrogen) atoms. The van der Waals surface area contributed by atoms with Gasteiger partial charge in [0.2, 0.25) is 0 Å². The van der Waals surface area contributed by atoms with Gasteiger partial charge in [-0.2, -0.15) is 0 Å². The molecule has 0 aliphatic carbocycles. The summed E-state index contributed by atoms with van der Waals surface area (Å²) >= 11 is 0. The van der Waals surface area contributed by atoms with Gasteiger partial charge in [-0.15, -0.1) is 0 Å². The maximum atomic E-state index is 13.0. The van der Waals surface area contributed by atoms with E-state index in [0.717, 1.165) is 5.69 Å².